The minimum absolute atomic E-state index is 0. The molecule has 0 spiro atoms. The second-order valence-corrected chi connectivity index (χ2v) is 8.49. The maximum atomic E-state index is 10.8. The van der Waals surface area contributed by atoms with Crippen LogP contribution in [0.3, 0.4) is 0 Å². The third-order valence-electron chi connectivity index (χ3n) is 6.31. The summed E-state index contributed by atoms with van der Waals surface area (Å²) in [6.45, 7) is 2.21. The van der Waals surface area contributed by atoms with Crippen molar-refractivity contribution >= 4 is 10.4 Å². The summed E-state index contributed by atoms with van der Waals surface area (Å²) < 4.78 is 36.8. The van der Waals surface area contributed by atoms with Gasteiger partial charge in [0.2, 0.25) is 0 Å². The fourth-order valence-corrected chi connectivity index (χ4v) is 5.42. The number of hydrogen-bond donors (Lipinski definition) is 1. The quantitative estimate of drug-likeness (QED) is 0.332. The van der Waals surface area contributed by atoms with Gasteiger partial charge in [-0.3, -0.25) is 0 Å². The minimum atomic E-state index is -4.75. The van der Waals surface area contributed by atoms with Gasteiger partial charge in [0.1, 0.15) is 5.75 Å². The largest absolute Gasteiger partial charge is 1.00 e. The van der Waals surface area contributed by atoms with Crippen LogP contribution in [0.5, 0.6) is 5.75 Å². The number of aliphatic hydroxyl groups excluding tert-OH is 1. The Labute approximate surface area is 170 Å². The van der Waals surface area contributed by atoms with Gasteiger partial charge in [0.25, 0.3) is 10.4 Å². The molecule has 4 rings (SSSR count). The molecule has 1 aromatic carbocycles. The fraction of sp³-hybridized carbons (Fsp3) is 0.556. The Hall–Kier alpha value is -0.370. The molecule has 4 atom stereocenters. The molecular weight excluding hydrogens is 351 g/mol. The van der Waals surface area contributed by atoms with E-state index in [2.05, 4.69) is 17.2 Å². The van der Waals surface area contributed by atoms with E-state index in [4.69, 9.17) is 0 Å². The molecule has 0 amide bonds. The fourth-order valence-electron chi connectivity index (χ4n) is 5.09. The summed E-state index contributed by atoms with van der Waals surface area (Å²) in [6, 6.07) is 5.12. The topological polar surface area (TPSA) is 86.7 Å². The van der Waals surface area contributed by atoms with Gasteiger partial charge in [0, 0.05) is 11.3 Å². The van der Waals surface area contributed by atoms with Crippen LogP contribution in [0.4, 0.5) is 0 Å². The molecule has 2 saturated carbocycles. The standard InChI is InChI=1S/C18H22O5S.Na/c1-18-9-8-14-13-5-3-12(23-24(20,21)22)10-11(13)2-4-15(14)16(18)6-7-17(18)19;/h3-5,10,14,16-17,19H,2,6-9H2,1H3,(H,20,21,22);/q;+1/p-1/t14-,16+,17-,18-;/m0./s1. The maximum absolute atomic E-state index is 10.8. The number of fused-ring (bicyclic) bond motifs is 5. The van der Waals surface area contributed by atoms with Crippen molar-refractivity contribution in [2.45, 2.75) is 51.0 Å². The average Bonchev–Trinajstić information content (AvgIpc) is 2.81. The van der Waals surface area contributed by atoms with Crippen LogP contribution in [0.1, 0.15) is 49.7 Å². The molecule has 1 aromatic rings. The summed E-state index contributed by atoms with van der Waals surface area (Å²) in [5, 5.41) is 10.4. The molecule has 0 aliphatic heterocycles. The number of hydrogen-bond acceptors (Lipinski definition) is 5. The van der Waals surface area contributed by atoms with E-state index in [9.17, 15) is 18.1 Å². The van der Waals surface area contributed by atoms with Crippen molar-refractivity contribution in [3.05, 3.63) is 41.0 Å². The summed E-state index contributed by atoms with van der Waals surface area (Å²) >= 11 is 0. The van der Waals surface area contributed by atoms with E-state index in [1.165, 1.54) is 11.1 Å². The van der Waals surface area contributed by atoms with Gasteiger partial charge in [-0.2, -0.15) is 0 Å². The Morgan fingerprint density at radius 3 is 2.76 bits per heavy atom. The molecule has 0 unspecified atom stereocenters. The van der Waals surface area contributed by atoms with E-state index < -0.39 is 10.4 Å². The van der Waals surface area contributed by atoms with E-state index in [0.29, 0.717) is 18.3 Å². The molecule has 5 nitrogen and oxygen atoms in total. The summed E-state index contributed by atoms with van der Waals surface area (Å²) in [4.78, 5) is 0. The third-order valence-corrected chi connectivity index (χ3v) is 6.70. The second kappa shape index (κ2) is 6.66. The zero-order valence-electron chi connectivity index (χ0n) is 14.6. The van der Waals surface area contributed by atoms with Gasteiger partial charge in [0.05, 0.1) is 6.10 Å². The predicted molar refractivity (Wildman–Crippen MR) is 87.4 cm³/mol. The van der Waals surface area contributed by atoms with Gasteiger partial charge in [-0.15, -0.1) is 0 Å². The molecule has 7 heteroatoms. The number of rotatable bonds is 2. The van der Waals surface area contributed by atoms with Crippen molar-refractivity contribution in [2.24, 2.45) is 11.3 Å². The number of allylic oxidation sites excluding steroid dienone is 2. The van der Waals surface area contributed by atoms with Crippen LogP contribution < -0.4 is 33.7 Å². The van der Waals surface area contributed by atoms with Crippen molar-refractivity contribution in [1.82, 2.24) is 0 Å². The Morgan fingerprint density at radius 1 is 1.28 bits per heavy atom. The third kappa shape index (κ3) is 3.33. The van der Waals surface area contributed by atoms with Gasteiger partial charge in [-0.05, 0) is 61.3 Å². The first-order valence-corrected chi connectivity index (χ1v) is 9.77. The van der Waals surface area contributed by atoms with Crippen molar-refractivity contribution in [2.75, 3.05) is 0 Å². The first kappa shape index (κ1) is 19.4. The molecule has 0 saturated heterocycles. The van der Waals surface area contributed by atoms with Crippen LogP contribution in [-0.2, 0) is 16.8 Å². The second-order valence-electron chi connectivity index (χ2n) is 7.50. The van der Waals surface area contributed by atoms with Gasteiger partial charge in [-0.1, -0.05) is 24.6 Å². The Balaban J connectivity index is 0.00000182. The van der Waals surface area contributed by atoms with E-state index in [0.717, 1.165) is 31.2 Å². The Kier molecular flexibility index (Phi) is 5.17. The summed E-state index contributed by atoms with van der Waals surface area (Å²) in [7, 11) is -4.75. The summed E-state index contributed by atoms with van der Waals surface area (Å²) in [5.74, 6) is 0.838. The maximum Gasteiger partial charge on any atom is 1.00 e. The minimum Gasteiger partial charge on any atom is -0.716 e. The van der Waals surface area contributed by atoms with Gasteiger partial charge in [0.15, 0.2) is 0 Å². The molecule has 0 aromatic heterocycles. The molecule has 3 aliphatic carbocycles. The summed E-state index contributed by atoms with van der Waals surface area (Å²) in [5.41, 5.74) is 3.64. The van der Waals surface area contributed by atoms with Crippen molar-refractivity contribution in [3.8, 4) is 5.75 Å². The van der Waals surface area contributed by atoms with Crippen molar-refractivity contribution < 1.29 is 51.8 Å². The van der Waals surface area contributed by atoms with Crippen LogP contribution in [0, 0.1) is 11.3 Å². The van der Waals surface area contributed by atoms with Gasteiger partial charge < -0.3 is 13.8 Å². The molecule has 130 valence electrons. The number of aliphatic hydroxyl groups is 1. The number of benzene rings is 1. The van der Waals surface area contributed by atoms with E-state index >= 15 is 0 Å². The smallest absolute Gasteiger partial charge is 0.716 e. The van der Waals surface area contributed by atoms with Crippen LogP contribution in [0.2, 0.25) is 0 Å². The molecule has 1 N–H and O–H groups in total. The molecule has 25 heavy (non-hydrogen) atoms. The monoisotopic (exact) mass is 372 g/mol. The van der Waals surface area contributed by atoms with E-state index in [1.54, 1.807) is 12.1 Å². The molecule has 2 fully saturated rings. The zero-order valence-corrected chi connectivity index (χ0v) is 17.4. The Bertz CT molecular complexity index is 819. The SMILES string of the molecule is C[C@]12CC[C@@H]3C(=CCc4cc(OS(=O)(=O)[O-])ccc43)[C@H]1CC[C@@H]2O.[Na+]. The van der Waals surface area contributed by atoms with Crippen LogP contribution in [0.25, 0.3) is 0 Å². The van der Waals surface area contributed by atoms with Crippen molar-refractivity contribution in [1.29, 1.82) is 0 Å². The molecule has 0 bridgehead atoms. The molecule has 0 heterocycles. The van der Waals surface area contributed by atoms with Gasteiger partial charge in [-0.25, -0.2) is 8.42 Å². The van der Waals surface area contributed by atoms with E-state index in [-0.39, 0.29) is 46.8 Å². The van der Waals surface area contributed by atoms with Crippen LogP contribution >= 0.6 is 0 Å². The zero-order chi connectivity index (χ0) is 17.1. The van der Waals surface area contributed by atoms with Crippen LogP contribution in [-0.4, -0.2) is 24.2 Å². The van der Waals surface area contributed by atoms with E-state index in [1.807, 2.05) is 6.07 Å². The molecule has 3 aliphatic rings. The van der Waals surface area contributed by atoms with Crippen LogP contribution in [0.15, 0.2) is 29.8 Å². The first-order chi connectivity index (χ1) is 11.3. The van der Waals surface area contributed by atoms with Crippen molar-refractivity contribution in [3.63, 3.8) is 0 Å². The average molecular weight is 372 g/mol. The molecule has 0 radical (unpaired) electrons. The predicted octanol–water partition coefficient (Wildman–Crippen LogP) is -0.333. The van der Waals surface area contributed by atoms with Gasteiger partial charge >= 0.3 is 29.6 Å². The Morgan fingerprint density at radius 2 is 2.04 bits per heavy atom. The molecular formula is C18H21NaO5S. The normalized spacial score (nSPS) is 33.4. The first-order valence-electron chi connectivity index (χ1n) is 8.44. The summed E-state index contributed by atoms with van der Waals surface area (Å²) in [6.07, 6.45) is 6.61.